The van der Waals surface area contributed by atoms with Gasteiger partial charge in [0.15, 0.2) is 11.6 Å². The zero-order valence-corrected chi connectivity index (χ0v) is 30.3. The molecule has 0 atom stereocenters. The normalized spacial score (nSPS) is 11.6. The Labute approximate surface area is 323 Å². The highest BCUT2D eigenvalue weighted by Crippen LogP contribution is 2.42. The summed E-state index contributed by atoms with van der Waals surface area (Å²) in [5.41, 5.74) is 11.9. The maximum Gasteiger partial charge on any atom is 0.238 e. The van der Waals surface area contributed by atoms with E-state index in [0.29, 0.717) is 17.6 Å². The highest BCUT2D eigenvalue weighted by molar-refractivity contribution is 6.26. The van der Waals surface area contributed by atoms with Gasteiger partial charge in [-0.1, -0.05) is 170 Å². The van der Waals surface area contributed by atoms with Crippen LogP contribution in [0.2, 0.25) is 0 Å². The van der Waals surface area contributed by atoms with Crippen molar-refractivity contribution in [2.45, 2.75) is 0 Å². The van der Waals surface area contributed by atoms with E-state index in [4.69, 9.17) is 15.0 Å². The molecule has 0 bridgehead atoms. The van der Waals surface area contributed by atoms with Crippen LogP contribution in [0.5, 0.6) is 0 Å². The average Bonchev–Trinajstić information content (AvgIpc) is 3.80. The molecule has 0 fully saturated rings. The average molecular weight is 716 g/mol. The standard InChI is InChI=1S/C51H33N5/c1-4-14-34(15-5-1)36-24-28-38(29-25-36)49-52-50(39-30-26-37(27-31-39)35-16-6-2-7-17-35)54-51(53-49)56-44-22-12-10-20-41(44)42-32-33-46-47(48(42)56)43-21-11-13-23-45(43)55(46)40-18-8-3-9-19-40/h1-33H. The van der Waals surface area contributed by atoms with Gasteiger partial charge in [0.25, 0.3) is 0 Å². The topological polar surface area (TPSA) is 48.5 Å². The maximum atomic E-state index is 5.33. The second kappa shape index (κ2) is 13.0. The molecule has 5 nitrogen and oxygen atoms in total. The van der Waals surface area contributed by atoms with E-state index in [1.54, 1.807) is 0 Å². The summed E-state index contributed by atoms with van der Waals surface area (Å²) in [4.78, 5) is 15.8. The first-order valence-corrected chi connectivity index (χ1v) is 18.9. The van der Waals surface area contributed by atoms with Gasteiger partial charge in [-0.3, -0.25) is 4.57 Å². The van der Waals surface area contributed by atoms with Crippen LogP contribution >= 0.6 is 0 Å². The van der Waals surface area contributed by atoms with Gasteiger partial charge < -0.3 is 4.57 Å². The van der Waals surface area contributed by atoms with Crippen LogP contribution in [0.15, 0.2) is 200 Å². The minimum absolute atomic E-state index is 0.569. The van der Waals surface area contributed by atoms with Gasteiger partial charge in [0.1, 0.15) is 0 Å². The van der Waals surface area contributed by atoms with Gasteiger partial charge in [-0.2, -0.15) is 9.97 Å². The zero-order chi connectivity index (χ0) is 37.0. The van der Waals surface area contributed by atoms with Crippen molar-refractivity contribution in [2.75, 3.05) is 0 Å². The molecule has 0 saturated carbocycles. The largest absolute Gasteiger partial charge is 0.309 e. The van der Waals surface area contributed by atoms with Crippen molar-refractivity contribution in [1.82, 2.24) is 24.1 Å². The molecule has 8 aromatic carbocycles. The number of para-hydroxylation sites is 3. The molecule has 3 aromatic heterocycles. The summed E-state index contributed by atoms with van der Waals surface area (Å²) in [6.07, 6.45) is 0. The molecular weight excluding hydrogens is 683 g/mol. The van der Waals surface area contributed by atoms with Crippen molar-refractivity contribution >= 4 is 43.6 Å². The molecule has 56 heavy (non-hydrogen) atoms. The monoisotopic (exact) mass is 715 g/mol. The molecule has 0 amide bonds. The van der Waals surface area contributed by atoms with Crippen LogP contribution in [0.1, 0.15) is 0 Å². The lowest BCUT2D eigenvalue weighted by Crippen LogP contribution is -2.06. The van der Waals surface area contributed by atoms with Gasteiger partial charge in [0.2, 0.25) is 5.95 Å². The van der Waals surface area contributed by atoms with Crippen LogP contribution in [0.25, 0.3) is 100 Å². The smallest absolute Gasteiger partial charge is 0.238 e. The molecule has 3 heterocycles. The molecule has 0 spiro atoms. The first-order chi connectivity index (χ1) is 27.8. The summed E-state index contributed by atoms with van der Waals surface area (Å²) in [7, 11) is 0. The van der Waals surface area contributed by atoms with Gasteiger partial charge in [-0.15, -0.1) is 0 Å². The summed E-state index contributed by atoms with van der Waals surface area (Å²) < 4.78 is 4.61. The predicted molar refractivity (Wildman–Crippen MR) is 230 cm³/mol. The zero-order valence-electron chi connectivity index (χ0n) is 30.3. The molecule has 0 N–H and O–H groups in total. The quantitative estimate of drug-likeness (QED) is 0.172. The van der Waals surface area contributed by atoms with Crippen LogP contribution in [0.3, 0.4) is 0 Å². The number of benzene rings is 8. The van der Waals surface area contributed by atoms with E-state index in [1.807, 2.05) is 12.1 Å². The Kier molecular flexibility index (Phi) is 7.42. The lowest BCUT2D eigenvalue weighted by Gasteiger charge is -2.12. The highest BCUT2D eigenvalue weighted by atomic mass is 15.2. The van der Waals surface area contributed by atoms with Crippen LogP contribution in [-0.2, 0) is 0 Å². The fraction of sp³-hybridized carbons (Fsp3) is 0. The van der Waals surface area contributed by atoms with Crippen LogP contribution < -0.4 is 0 Å². The lowest BCUT2D eigenvalue weighted by atomic mass is 10.0. The summed E-state index contributed by atoms with van der Waals surface area (Å²) in [6.45, 7) is 0. The molecule has 0 aliphatic rings. The van der Waals surface area contributed by atoms with Gasteiger partial charge in [-0.05, 0) is 52.6 Å². The highest BCUT2D eigenvalue weighted by Gasteiger charge is 2.23. The minimum Gasteiger partial charge on any atom is -0.309 e. The van der Waals surface area contributed by atoms with Gasteiger partial charge >= 0.3 is 0 Å². The van der Waals surface area contributed by atoms with E-state index < -0.39 is 0 Å². The lowest BCUT2D eigenvalue weighted by molar-refractivity contribution is 0.955. The predicted octanol–water partition coefficient (Wildman–Crippen LogP) is 12.7. The maximum absolute atomic E-state index is 5.33. The van der Waals surface area contributed by atoms with E-state index >= 15 is 0 Å². The number of nitrogens with zero attached hydrogens (tertiary/aromatic N) is 5. The van der Waals surface area contributed by atoms with E-state index in [-0.39, 0.29) is 0 Å². The molecular formula is C51H33N5. The summed E-state index contributed by atoms with van der Waals surface area (Å²) in [6, 6.07) is 70.2. The first-order valence-electron chi connectivity index (χ1n) is 18.9. The Bertz CT molecular complexity index is 3100. The Morgan fingerprint density at radius 1 is 0.286 bits per heavy atom. The van der Waals surface area contributed by atoms with Crippen molar-refractivity contribution in [3.05, 3.63) is 200 Å². The first kappa shape index (κ1) is 31.9. The van der Waals surface area contributed by atoms with Crippen LogP contribution in [0.4, 0.5) is 0 Å². The van der Waals surface area contributed by atoms with Crippen LogP contribution in [0, 0.1) is 0 Å². The molecule has 0 radical (unpaired) electrons. The number of rotatable bonds is 6. The minimum atomic E-state index is 0.569. The van der Waals surface area contributed by atoms with Crippen LogP contribution in [-0.4, -0.2) is 24.1 Å². The van der Waals surface area contributed by atoms with E-state index in [9.17, 15) is 0 Å². The number of fused-ring (bicyclic) bond motifs is 7. The Morgan fingerprint density at radius 2 is 0.732 bits per heavy atom. The van der Waals surface area contributed by atoms with Crippen molar-refractivity contribution in [3.63, 3.8) is 0 Å². The summed E-state index contributed by atoms with van der Waals surface area (Å²) >= 11 is 0. The van der Waals surface area contributed by atoms with Crippen molar-refractivity contribution in [1.29, 1.82) is 0 Å². The second-order valence-corrected chi connectivity index (χ2v) is 14.1. The van der Waals surface area contributed by atoms with Gasteiger partial charge in [0, 0.05) is 38.4 Å². The van der Waals surface area contributed by atoms with E-state index in [2.05, 4.69) is 197 Å². The molecule has 0 aliphatic carbocycles. The van der Waals surface area contributed by atoms with Crippen molar-refractivity contribution < 1.29 is 0 Å². The molecule has 262 valence electrons. The number of aromatic nitrogens is 5. The van der Waals surface area contributed by atoms with Gasteiger partial charge in [-0.25, -0.2) is 4.98 Å². The Balaban J connectivity index is 1.19. The van der Waals surface area contributed by atoms with Gasteiger partial charge in [0.05, 0.1) is 22.1 Å². The van der Waals surface area contributed by atoms with Crippen molar-refractivity contribution in [3.8, 4) is 56.7 Å². The SMILES string of the molecule is c1ccc(-c2ccc(-c3nc(-c4ccc(-c5ccccc5)cc4)nc(-n4c5ccccc5c5ccc6c(c7ccccc7n6-c6ccccc6)c54)n3)cc2)cc1. The van der Waals surface area contributed by atoms with E-state index in [1.165, 1.54) is 16.5 Å². The molecule has 11 aromatic rings. The molecule has 5 heteroatoms. The third-order valence-corrected chi connectivity index (χ3v) is 10.8. The van der Waals surface area contributed by atoms with Crippen molar-refractivity contribution in [2.24, 2.45) is 0 Å². The summed E-state index contributed by atoms with van der Waals surface area (Å²) in [5, 5.41) is 4.61. The fourth-order valence-corrected chi connectivity index (χ4v) is 8.18. The molecule has 11 rings (SSSR count). The Morgan fingerprint density at radius 3 is 1.30 bits per heavy atom. The third-order valence-electron chi connectivity index (χ3n) is 10.8. The summed E-state index contributed by atoms with van der Waals surface area (Å²) in [5.74, 6) is 1.79. The second-order valence-electron chi connectivity index (χ2n) is 14.1. The fourth-order valence-electron chi connectivity index (χ4n) is 8.18. The number of hydrogen-bond acceptors (Lipinski definition) is 3. The number of hydrogen-bond donors (Lipinski definition) is 0. The van der Waals surface area contributed by atoms with E-state index in [0.717, 1.165) is 66.2 Å². The molecule has 0 saturated heterocycles. The third kappa shape index (κ3) is 5.21. The Hall–Kier alpha value is -7.63. The molecule has 0 unspecified atom stereocenters. The molecule has 0 aliphatic heterocycles.